The normalized spacial score (nSPS) is 20.9. The molecule has 0 bridgehead atoms. The molecule has 1 aliphatic rings. The Kier molecular flexibility index (Phi) is 3.46. The van der Waals surface area contributed by atoms with Crippen LogP contribution in [0.15, 0.2) is 6.07 Å². The minimum Gasteiger partial charge on any atom is -0.377 e. The maximum absolute atomic E-state index is 5.95. The van der Waals surface area contributed by atoms with Crippen LogP contribution in [0, 0.1) is 0 Å². The minimum atomic E-state index is 0.310. The number of hydrogen-bond donors (Lipinski definition) is 1. The highest BCUT2D eigenvalue weighted by atomic mass is 35.5. The zero-order chi connectivity index (χ0) is 11.5. The van der Waals surface area contributed by atoms with Crippen molar-refractivity contribution in [3.63, 3.8) is 0 Å². The molecule has 2 rings (SSSR count). The topological polar surface area (TPSA) is 50.3 Å². The Balaban J connectivity index is 2.27. The summed E-state index contributed by atoms with van der Waals surface area (Å²) in [5, 5.41) is 3.35. The van der Waals surface area contributed by atoms with E-state index in [1.165, 1.54) is 0 Å². The van der Waals surface area contributed by atoms with Crippen molar-refractivity contribution in [3.8, 4) is 0 Å². The molecule has 0 radical (unpaired) electrons. The van der Waals surface area contributed by atoms with Crippen LogP contribution in [0.25, 0.3) is 0 Å². The Morgan fingerprint density at radius 3 is 3.06 bits per heavy atom. The molecule has 6 heteroatoms. The van der Waals surface area contributed by atoms with Gasteiger partial charge in [0.25, 0.3) is 0 Å². The van der Waals surface area contributed by atoms with Crippen molar-refractivity contribution in [1.29, 1.82) is 0 Å². The molecule has 0 saturated carbocycles. The van der Waals surface area contributed by atoms with Crippen LogP contribution in [0.4, 0.5) is 11.8 Å². The summed E-state index contributed by atoms with van der Waals surface area (Å²) < 4.78 is 5.39. The fraction of sp³-hybridized carbons (Fsp3) is 0.600. The molecule has 1 aromatic rings. The third-order valence-electron chi connectivity index (χ3n) is 2.57. The van der Waals surface area contributed by atoms with Crippen molar-refractivity contribution in [2.24, 2.45) is 0 Å². The van der Waals surface area contributed by atoms with E-state index in [1.54, 1.807) is 13.1 Å². The minimum absolute atomic E-state index is 0.310. The summed E-state index contributed by atoms with van der Waals surface area (Å²) in [6, 6.07) is 2.09. The zero-order valence-electron chi connectivity index (χ0n) is 9.40. The lowest BCUT2D eigenvalue weighted by molar-refractivity contribution is 0.0985. The van der Waals surface area contributed by atoms with Crippen molar-refractivity contribution in [2.75, 3.05) is 37.0 Å². The van der Waals surface area contributed by atoms with Gasteiger partial charge in [0.1, 0.15) is 11.0 Å². The Bertz CT molecular complexity index is 374. The SMILES string of the molecule is CNc1nc(Cl)cc(N2CCOCC2C)n1. The number of aromatic nitrogens is 2. The van der Waals surface area contributed by atoms with Gasteiger partial charge in [0, 0.05) is 19.7 Å². The van der Waals surface area contributed by atoms with Crippen molar-refractivity contribution < 1.29 is 4.74 Å². The molecule has 1 aromatic heterocycles. The fourth-order valence-electron chi connectivity index (χ4n) is 1.73. The first kappa shape index (κ1) is 11.4. The average Bonchev–Trinajstić information content (AvgIpc) is 2.28. The van der Waals surface area contributed by atoms with Crippen LogP contribution in [0.1, 0.15) is 6.92 Å². The Labute approximate surface area is 99.8 Å². The summed E-state index contributed by atoms with van der Waals surface area (Å²) in [6.07, 6.45) is 0. The molecule has 1 atom stereocenters. The lowest BCUT2D eigenvalue weighted by Gasteiger charge is -2.34. The predicted octanol–water partition coefficient (Wildman–Crippen LogP) is 1.40. The molecule has 1 unspecified atom stereocenters. The Morgan fingerprint density at radius 2 is 2.38 bits per heavy atom. The monoisotopic (exact) mass is 242 g/mol. The maximum Gasteiger partial charge on any atom is 0.225 e. The third-order valence-corrected chi connectivity index (χ3v) is 2.76. The molecule has 88 valence electrons. The van der Waals surface area contributed by atoms with Gasteiger partial charge in [0.15, 0.2) is 0 Å². The van der Waals surface area contributed by atoms with Gasteiger partial charge in [0.05, 0.1) is 19.3 Å². The second kappa shape index (κ2) is 4.84. The van der Waals surface area contributed by atoms with E-state index in [4.69, 9.17) is 16.3 Å². The van der Waals surface area contributed by atoms with Crippen molar-refractivity contribution in [3.05, 3.63) is 11.2 Å². The van der Waals surface area contributed by atoms with Crippen LogP contribution in [0.3, 0.4) is 0 Å². The fourth-order valence-corrected chi connectivity index (χ4v) is 1.91. The average molecular weight is 243 g/mol. The third kappa shape index (κ3) is 2.36. The smallest absolute Gasteiger partial charge is 0.225 e. The van der Waals surface area contributed by atoms with E-state index in [-0.39, 0.29) is 0 Å². The van der Waals surface area contributed by atoms with E-state index in [9.17, 15) is 0 Å². The van der Waals surface area contributed by atoms with Crippen molar-refractivity contribution >= 4 is 23.4 Å². The highest BCUT2D eigenvalue weighted by Gasteiger charge is 2.21. The van der Waals surface area contributed by atoms with E-state index >= 15 is 0 Å². The van der Waals surface area contributed by atoms with E-state index in [2.05, 4.69) is 27.1 Å². The largest absolute Gasteiger partial charge is 0.377 e. The van der Waals surface area contributed by atoms with E-state index in [0.717, 1.165) is 25.6 Å². The molecule has 2 heterocycles. The van der Waals surface area contributed by atoms with Crippen LogP contribution >= 0.6 is 11.6 Å². The summed E-state index contributed by atoms with van der Waals surface area (Å²) in [6.45, 7) is 4.38. The molecule has 0 spiro atoms. The summed E-state index contributed by atoms with van der Waals surface area (Å²) in [5.41, 5.74) is 0. The molecule has 0 aliphatic carbocycles. The van der Waals surface area contributed by atoms with Crippen LogP contribution in [0.2, 0.25) is 5.15 Å². The molecule has 1 N–H and O–H groups in total. The molecule has 0 amide bonds. The summed E-state index contributed by atoms with van der Waals surface area (Å²) >= 11 is 5.95. The van der Waals surface area contributed by atoms with Crippen molar-refractivity contribution in [1.82, 2.24) is 9.97 Å². The number of nitrogens with one attached hydrogen (secondary N) is 1. The van der Waals surface area contributed by atoms with Gasteiger partial charge >= 0.3 is 0 Å². The number of hydrogen-bond acceptors (Lipinski definition) is 5. The molecular formula is C10H15ClN4O. The predicted molar refractivity (Wildman–Crippen MR) is 64.2 cm³/mol. The lowest BCUT2D eigenvalue weighted by Crippen LogP contribution is -2.44. The van der Waals surface area contributed by atoms with Gasteiger partial charge in [-0.1, -0.05) is 11.6 Å². The molecule has 5 nitrogen and oxygen atoms in total. The number of halogens is 1. The number of rotatable bonds is 2. The van der Waals surface area contributed by atoms with Gasteiger partial charge in [-0.25, -0.2) is 4.98 Å². The lowest BCUT2D eigenvalue weighted by atomic mass is 10.2. The van der Waals surface area contributed by atoms with Crippen LogP contribution in [0.5, 0.6) is 0 Å². The van der Waals surface area contributed by atoms with Gasteiger partial charge in [-0.05, 0) is 6.92 Å². The quantitative estimate of drug-likeness (QED) is 0.795. The highest BCUT2D eigenvalue weighted by molar-refractivity contribution is 6.29. The summed E-state index contributed by atoms with van der Waals surface area (Å²) in [7, 11) is 1.78. The first-order valence-corrected chi connectivity index (χ1v) is 5.65. The number of nitrogens with zero attached hydrogens (tertiary/aromatic N) is 3. The van der Waals surface area contributed by atoms with Crippen LogP contribution < -0.4 is 10.2 Å². The summed E-state index contributed by atoms with van der Waals surface area (Å²) in [5.74, 6) is 1.39. The molecule has 1 saturated heterocycles. The molecular weight excluding hydrogens is 228 g/mol. The van der Waals surface area contributed by atoms with Gasteiger partial charge in [-0.3, -0.25) is 0 Å². The van der Waals surface area contributed by atoms with Crippen LogP contribution in [-0.2, 0) is 4.74 Å². The van der Waals surface area contributed by atoms with E-state index in [0.29, 0.717) is 17.1 Å². The van der Waals surface area contributed by atoms with Gasteiger partial charge in [-0.15, -0.1) is 0 Å². The zero-order valence-corrected chi connectivity index (χ0v) is 10.2. The first-order chi connectivity index (χ1) is 7.70. The number of morpholine rings is 1. The Hall–Kier alpha value is -1.07. The molecule has 0 aromatic carbocycles. The van der Waals surface area contributed by atoms with Crippen LogP contribution in [-0.4, -0.2) is 42.8 Å². The van der Waals surface area contributed by atoms with Gasteiger partial charge in [-0.2, -0.15) is 4.98 Å². The van der Waals surface area contributed by atoms with E-state index < -0.39 is 0 Å². The molecule has 1 fully saturated rings. The maximum atomic E-state index is 5.95. The first-order valence-electron chi connectivity index (χ1n) is 5.27. The standard InChI is InChI=1S/C10H15ClN4O/c1-7-6-16-4-3-15(7)9-5-8(11)13-10(12-2)14-9/h5,7H,3-4,6H2,1-2H3,(H,12,13,14). The van der Waals surface area contributed by atoms with Gasteiger partial charge in [0.2, 0.25) is 5.95 Å². The number of anilines is 2. The summed E-state index contributed by atoms with van der Waals surface area (Å²) in [4.78, 5) is 10.6. The Morgan fingerprint density at radius 1 is 1.56 bits per heavy atom. The van der Waals surface area contributed by atoms with Gasteiger partial charge < -0.3 is 15.0 Å². The van der Waals surface area contributed by atoms with E-state index in [1.807, 2.05) is 0 Å². The highest BCUT2D eigenvalue weighted by Crippen LogP contribution is 2.21. The molecule has 16 heavy (non-hydrogen) atoms. The van der Waals surface area contributed by atoms with Crippen molar-refractivity contribution in [2.45, 2.75) is 13.0 Å². The molecule has 1 aliphatic heterocycles. The second-order valence-electron chi connectivity index (χ2n) is 3.74. The second-order valence-corrected chi connectivity index (χ2v) is 4.13. The number of ether oxygens (including phenoxy) is 1.